The number of halogens is 2. The van der Waals surface area contributed by atoms with Gasteiger partial charge in [0.25, 0.3) is 21.5 Å². The van der Waals surface area contributed by atoms with Crippen LogP contribution >= 0.6 is 0 Å². The van der Waals surface area contributed by atoms with Crippen LogP contribution in [0.5, 0.6) is 0 Å². The second-order valence-corrected chi connectivity index (χ2v) is 13.9. The summed E-state index contributed by atoms with van der Waals surface area (Å²) in [5.41, 5.74) is -2.90. The van der Waals surface area contributed by atoms with Gasteiger partial charge in [-0.05, 0) is 61.4 Å². The zero-order valence-corrected chi connectivity index (χ0v) is 27.9. The van der Waals surface area contributed by atoms with Gasteiger partial charge in [0, 0.05) is 36.0 Å². The van der Waals surface area contributed by atoms with Crippen molar-refractivity contribution in [2.24, 2.45) is 12.5 Å². The molecule has 0 saturated heterocycles. The summed E-state index contributed by atoms with van der Waals surface area (Å²) < 4.78 is 60.0. The molecule has 0 spiro atoms. The van der Waals surface area contributed by atoms with Crippen LogP contribution < -0.4 is 26.6 Å². The van der Waals surface area contributed by atoms with Crippen molar-refractivity contribution >= 4 is 46.7 Å². The minimum absolute atomic E-state index is 0.178. The second-order valence-electron chi connectivity index (χ2n) is 12.2. The molecule has 0 saturated carbocycles. The topological polar surface area (TPSA) is 165 Å². The zero-order chi connectivity index (χ0) is 36.4. The van der Waals surface area contributed by atoms with Crippen LogP contribution in [0, 0.1) is 24.0 Å². The molecule has 1 atom stereocenters. The molecule has 0 unspecified atom stereocenters. The van der Waals surface area contributed by atoms with Crippen molar-refractivity contribution in [1.29, 1.82) is 0 Å². The summed E-state index contributed by atoms with van der Waals surface area (Å²) in [5.74, 6) is -4.08. The first-order chi connectivity index (χ1) is 22.8. The van der Waals surface area contributed by atoms with E-state index in [4.69, 9.17) is 7.85 Å². The first-order valence-electron chi connectivity index (χ1n) is 14.7. The molecule has 3 aromatic carbocycles. The molecule has 0 aliphatic heterocycles. The molecule has 0 bridgehead atoms. The molecule has 2 amide bonds. The number of nitrogens with zero attached hydrogens (tertiary/aromatic N) is 2. The number of aromatic nitrogens is 2. The number of nitrogens with one attached hydrogen (secondary N) is 3. The van der Waals surface area contributed by atoms with Crippen molar-refractivity contribution in [3.05, 3.63) is 116 Å². The summed E-state index contributed by atoms with van der Waals surface area (Å²) in [5, 5.41) is 4.89. The minimum Gasteiger partial charge on any atom is -0.343 e. The molecule has 254 valence electrons. The third kappa shape index (κ3) is 8.38. The van der Waals surface area contributed by atoms with E-state index in [1.54, 1.807) is 27.7 Å². The van der Waals surface area contributed by atoms with E-state index in [1.807, 2.05) is 4.72 Å². The summed E-state index contributed by atoms with van der Waals surface area (Å²) in [6.45, 7) is 6.72. The van der Waals surface area contributed by atoms with Crippen LogP contribution in [0.1, 0.15) is 42.4 Å². The Kier molecular flexibility index (Phi) is 10.4. The Labute approximate surface area is 281 Å². The Morgan fingerprint density at radius 2 is 1.53 bits per heavy atom. The number of hydrogen-bond donors (Lipinski definition) is 3. The molecule has 16 heteroatoms. The zero-order valence-electron chi connectivity index (χ0n) is 27.1. The number of anilines is 2. The van der Waals surface area contributed by atoms with Crippen LogP contribution in [0.25, 0.3) is 5.69 Å². The molecule has 0 aliphatic carbocycles. The van der Waals surface area contributed by atoms with Crippen molar-refractivity contribution in [1.82, 2.24) is 14.5 Å². The van der Waals surface area contributed by atoms with E-state index in [-0.39, 0.29) is 22.9 Å². The van der Waals surface area contributed by atoms with E-state index in [2.05, 4.69) is 10.6 Å². The quantitative estimate of drug-likeness (QED) is 0.215. The van der Waals surface area contributed by atoms with Gasteiger partial charge in [-0.25, -0.2) is 26.6 Å². The first-order valence-corrected chi connectivity index (χ1v) is 16.2. The largest absolute Gasteiger partial charge is 0.343 e. The lowest BCUT2D eigenvalue weighted by Crippen LogP contribution is -2.43. The Hall–Kier alpha value is -5.38. The average Bonchev–Trinajstić information content (AvgIpc) is 3.01. The molecule has 1 aromatic heterocycles. The van der Waals surface area contributed by atoms with E-state index in [0.29, 0.717) is 29.1 Å². The Balaban J connectivity index is 1.47. The molecule has 12 nitrogen and oxygen atoms in total. The molecule has 4 aromatic rings. The van der Waals surface area contributed by atoms with Crippen LogP contribution in [0.15, 0.2) is 81.2 Å². The fourth-order valence-corrected chi connectivity index (χ4v) is 5.55. The molecule has 0 aliphatic rings. The number of sulfonamides is 1. The van der Waals surface area contributed by atoms with Gasteiger partial charge in [-0.1, -0.05) is 32.9 Å². The number of carbonyl (C=O) groups excluding carboxylic acids is 3. The summed E-state index contributed by atoms with van der Waals surface area (Å²) in [4.78, 5) is 62.0. The highest BCUT2D eigenvalue weighted by Crippen LogP contribution is 2.25. The third-order valence-electron chi connectivity index (χ3n) is 7.49. The van der Waals surface area contributed by atoms with E-state index in [0.717, 1.165) is 16.7 Å². The number of hydrogen-bond acceptors (Lipinski definition) is 7. The third-order valence-corrected chi connectivity index (χ3v) is 8.87. The summed E-state index contributed by atoms with van der Waals surface area (Å²) >= 11 is 0. The molecule has 4 rings (SSSR count). The molecule has 2 radical (unpaired) electrons. The minimum atomic E-state index is -4.42. The second kappa shape index (κ2) is 14.0. The maximum Gasteiger partial charge on any atom is 0.335 e. The highest BCUT2D eigenvalue weighted by molar-refractivity contribution is 7.92. The standard InChI is InChI=1S/C33H32BF2N5O7S/c1-18-14-28(42)41(32(46)40(18)5)21-10-6-19(7-11-21)15-27(29(34)43)38-30(44)23-16-25(36)26(17-24(23)35)39-49(47,48)22-12-8-20(9-13-22)37-31(45)33(2,3)4/h6-14,16-17,27,39H,15H2,1-5H3,(H,37,45)(H,38,44)/t27-/m0/s1. The van der Waals surface area contributed by atoms with E-state index in [1.165, 1.54) is 54.1 Å². The smallest absolute Gasteiger partial charge is 0.335 e. The van der Waals surface area contributed by atoms with Gasteiger partial charge in [-0.3, -0.25) is 19.1 Å². The maximum atomic E-state index is 15.1. The highest BCUT2D eigenvalue weighted by atomic mass is 32.2. The van der Waals surface area contributed by atoms with Crippen molar-refractivity contribution in [2.45, 2.75) is 45.1 Å². The summed E-state index contributed by atoms with van der Waals surface area (Å²) in [6, 6.07) is 11.8. The van der Waals surface area contributed by atoms with Crippen LogP contribution in [0.2, 0.25) is 0 Å². The van der Waals surface area contributed by atoms with Gasteiger partial charge < -0.3 is 20.0 Å². The van der Waals surface area contributed by atoms with E-state index < -0.39 is 67.2 Å². The number of carbonyl (C=O) groups is 3. The van der Waals surface area contributed by atoms with Gasteiger partial charge >= 0.3 is 5.69 Å². The lowest BCUT2D eigenvalue weighted by molar-refractivity contribution is -0.123. The monoisotopic (exact) mass is 691 g/mol. The van der Waals surface area contributed by atoms with Gasteiger partial charge in [-0.2, -0.15) is 0 Å². The fourth-order valence-electron chi connectivity index (χ4n) is 4.49. The fraction of sp³-hybridized carbons (Fsp3) is 0.242. The van der Waals surface area contributed by atoms with Crippen LogP contribution in [0.4, 0.5) is 20.2 Å². The summed E-state index contributed by atoms with van der Waals surface area (Å²) in [6.07, 6.45) is -0.178. The van der Waals surface area contributed by atoms with Gasteiger partial charge in [-0.15, -0.1) is 0 Å². The van der Waals surface area contributed by atoms with Crippen LogP contribution in [-0.4, -0.2) is 48.9 Å². The predicted molar refractivity (Wildman–Crippen MR) is 179 cm³/mol. The molecule has 0 fully saturated rings. The Bertz CT molecular complexity index is 2180. The average molecular weight is 692 g/mol. The van der Waals surface area contributed by atoms with E-state index in [9.17, 15) is 32.4 Å². The maximum absolute atomic E-state index is 15.1. The first kappa shape index (κ1) is 36.5. The van der Waals surface area contributed by atoms with Gasteiger partial charge in [0.15, 0.2) is 7.85 Å². The number of rotatable bonds is 10. The van der Waals surface area contributed by atoms with Gasteiger partial charge in [0.1, 0.15) is 11.6 Å². The molecule has 3 N–H and O–H groups in total. The molecular weight excluding hydrogens is 659 g/mol. The summed E-state index contributed by atoms with van der Waals surface area (Å²) in [7, 11) is 2.56. The van der Waals surface area contributed by atoms with Crippen LogP contribution in [0.3, 0.4) is 0 Å². The van der Waals surface area contributed by atoms with Crippen molar-refractivity contribution in [2.75, 3.05) is 10.0 Å². The van der Waals surface area contributed by atoms with Crippen molar-refractivity contribution in [3.63, 3.8) is 0 Å². The van der Waals surface area contributed by atoms with Gasteiger partial charge in [0.2, 0.25) is 5.91 Å². The van der Waals surface area contributed by atoms with Crippen molar-refractivity contribution in [3.8, 4) is 5.69 Å². The lowest BCUT2D eigenvalue weighted by Gasteiger charge is -2.18. The molecule has 49 heavy (non-hydrogen) atoms. The van der Waals surface area contributed by atoms with Gasteiger partial charge in [0.05, 0.1) is 33.6 Å². The Morgan fingerprint density at radius 1 is 0.918 bits per heavy atom. The number of amides is 2. The highest BCUT2D eigenvalue weighted by Gasteiger charge is 2.25. The lowest BCUT2D eigenvalue weighted by atomic mass is 9.90. The normalized spacial score (nSPS) is 12.2. The number of aryl methyl sites for hydroxylation is 1. The van der Waals surface area contributed by atoms with Crippen LogP contribution in [-0.2, 0) is 33.1 Å². The van der Waals surface area contributed by atoms with Crippen molar-refractivity contribution < 1.29 is 31.6 Å². The SMILES string of the molecule is [B]C(=O)[C@H](Cc1ccc(-n2c(=O)cc(C)n(C)c2=O)cc1)NC(=O)c1cc(F)c(NS(=O)(=O)c2ccc(NC(=O)C(C)(C)C)cc2)cc1F. The Morgan fingerprint density at radius 3 is 2.10 bits per heavy atom. The molecular formula is C33H32BF2N5O7S. The molecule has 1 heterocycles. The number of benzene rings is 3. The van der Waals surface area contributed by atoms with E-state index >= 15 is 8.78 Å². The predicted octanol–water partition coefficient (Wildman–Crippen LogP) is 2.94.